The second kappa shape index (κ2) is 53.3. The molecule has 0 fully saturated rings. The zero-order valence-electron chi connectivity index (χ0n) is 53.1. The molecule has 486 valence electrons. The molecule has 5 unspecified atom stereocenters. The van der Waals surface area contributed by atoms with Gasteiger partial charge in [0, 0.05) is 25.7 Å². The van der Waals surface area contributed by atoms with E-state index in [0.29, 0.717) is 31.6 Å². The Morgan fingerprint density at radius 1 is 0.341 bits per heavy atom. The number of ether oxygens (including phenoxy) is 4. The van der Waals surface area contributed by atoms with Gasteiger partial charge in [0.2, 0.25) is 0 Å². The number of carbonyl (C=O) groups excluding carboxylic acids is 4. The third kappa shape index (κ3) is 53.5. The van der Waals surface area contributed by atoms with Crippen LogP contribution in [0, 0.1) is 23.7 Å². The zero-order chi connectivity index (χ0) is 61.1. The molecule has 17 nitrogen and oxygen atoms in total. The average Bonchev–Trinajstić information content (AvgIpc) is 3.46. The molecule has 0 aromatic rings. The van der Waals surface area contributed by atoms with Crippen molar-refractivity contribution in [3.63, 3.8) is 0 Å². The van der Waals surface area contributed by atoms with Crippen LogP contribution in [0.1, 0.15) is 299 Å². The topological polar surface area (TPSA) is 237 Å². The van der Waals surface area contributed by atoms with E-state index in [1.165, 1.54) is 96.3 Å². The van der Waals surface area contributed by atoms with Crippen molar-refractivity contribution in [2.24, 2.45) is 23.7 Å². The van der Waals surface area contributed by atoms with E-state index >= 15 is 0 Å². The minimum atomic E-state index is -4.94. The van der Waals surface area contributed by atoms with Crippen LogP contribution in [0.2, 0.25) is 0 Å². The molecular weight excluding hydrogens is 1090 g/mol. The standard InChI is InChI=1S/C63H122O17P2/c1-9-54(6)40-32-24-16-12-13-17-27-35-43-60(65)73-49-58(79-62(67)45-37-29-18-14-15-23-31-39-53(4)5)51-77-81(69,70)75-47-57(64)48-76-82(71,72)78-52-59(80-63(68)46-38-30-22-20-26-34-42-56(8)11-3)50-74-61(66)44-36-28-21-19-25-33-41-55(7)10-2/h53-59,64H,9-52H2,1-8H3,(H,69,70)(H,71,72)/t54?,55?,56?,57-,58-,59-/m1/s1. The van der Waals surface area contributed by atoms with Gasteiger partial charge in [-0.15, -0.1) is 0 Å². The first kappa shape index (κ1) is 80.1. The van der Waals surface area contributed by atoms with Gasteiger partial charge in [0.15, 0.2) is 12.2 Å². The molecule has 3 N–H and O–H groups in total. The number of carbonyl (C=O) groups is 4. The van der Waals surface area contributed by atoms with Crippen LogP contribution in [0.25, 0.3) is 0 Å². The van der Waals surface area contributed by atoms with Crippen LogP contribution in [0.5, 0.6) is 0 Å². The minimum absolute atomic E-state index is 0.101. The molecule has 8 atom stereocenters. The molecule has 0 aliphatic carbocycles. The Hall–Kier alpha value is -1.94. The summed E-state index contributed by atoms with van der Waals surface area (Å²) < 4.78 is 67.9. The Labute approximate surface area is 498 Å². The number of hydrogen-bond donors (Lipinski definition) is 3. The summed E-state index contributed by atoms with van der Waals surface area (Å²) in [4.78, 5) is 72.1. The first-order chi connectivity index (χ1) is 39.2. The van der Waals surface area contributed by atoms with E-state index in [1.807, 2.05) is 0 Å². The first-order valence-electron chi connectivity index (χ1n) is 32.8. The van der Waals surface area contributed by atoms with Crippen molar-refractivity contribution in [1.29, 1.82) is 0 Å². The van der Waals surface area contributed by atoms with Gasteiger partial charge in [-0.25, -0.2) is 9.13 Å². The van der Waals surface area contributed by atoms with Crippen molar-refractivity contribution < 1.29 is 80.2 Å². The molecule has 0 saturated heterocycles. The average molecular weight is 1210 g/mol. The van der Waals surface area contributed by atoms with Crippen molar-refractivity contribution in [2.75, 3.05) is 39.6 Å². The number of aliphatic hydroxyl groups is 1. The predicted molar refractivity (Wildman–Crippen MR) is 326 cm³/mol. The number of hydrogen-bond acceptors (Lipinski definition) is 15. The molecule has 0 amide bonds. The fourth-order valence-electron chi connectivity index (χ4n) is 9.16. The maximum atomic E-state index is 13.0. The molecule has 19 heteroatoms. The molecular formula is C63H122O17P2. The van der Waals surface area contributed by atoms with E-state index in [0.717, 1.165) is 114 Å². The lowest BCUT2D eigenvalue weighted by Gasteiger charge is -2.21. The van der Waals surface area contributed by atoms with Gasteiger partial charge < -0.3 is 33.8 Å². The van der Waals surface area contributed by atoms with Gasteiger partial charge in [0.1, 0.15) is 19.3 Å². The van der Waals surface area contributed by atoms with Crippen LogP contribution in [0.4, 0.5) is 0 Å². The number of phosphoric acid groups is 2. The van der Waals surface area contributed by atoms with E-state index in [4.69, 9.17) is 37.0 Å². The molecule has 82 heavy (non-hydrogen) atoms. The molecule has 0 bridgehead atoms. The minimum Gasteiger partial charge on any atom is -0.462 e. The highest BCUT2D eigenvalue weighted by molar-refractivity contribution is 7.47. The quantitative estimate of drug-likeness (QED) is 0.0222. The molecule has 0 aliphatic heterocycles. The van der Waals surface area contributed by atoms with Crippen molar-refractivity contribution in [3.8, 4) is 0 Å². The lowest BCUT2D eigenvalue weighted by Crippen LogP contribution is -2.30. The highest BCUT2D eigenvalue weighted by Crippen LogP contribution is 2.45. The Kier molecular flexibility index (Phi) is 52.0. The molecule has 0 saturated carbocycles. The predicted octanol–water partition coefficient (Wildman–Crippen LogP) is 17.0. The van der Waals surface area contributed by atoms with Crippen LogP contribution >= 0.6 is 15.6 Å². The molecule has 0 rings (SSSR count). The molecule has 0 aliphatic rings. The Balaban J connectivity index is 5.26. The third-order valence-corrected chi connectivity index (χ3v) is 17.3. The number of aliphatic hydroxyl groups excluding tert-OH is 1. The summed E-state index contributed by atoms with van der Waals surface area (Å²) >= 11 is 0. The fraction of sp³-hybridized carbons (Fsp3) is 0.937. The van der Waals surface area contributed by atoms with Crippen molar-refractivity contribution in [2.45, 2.75) is 318 Å². The van der Waals surface area contributed by atoms with Crippen LogP contribution < -0.4 is 0 Å². The molecule has 0 aromatic carbocycles. The second-order valence-corrected chi connectivity index (χ2v) is 26.9. The number of esters is 4. The monoisotopic (exact) mass is 1210 g/mol. The summed E-state index contributed by atoms with van der Waals surface area (Å²) in [5.41, 5.74) is 0. The van der Waals surface area contributed by atoms with Gasteiger partial charge in [-0.3, -0.25) is 37.3 Å². The van der Waals surface area contributed by atoms with Gasteiger partial charge in [0.05, 0.1) is 26.4 Å². The van der Waals surface area contributed by atoms with Gasteiger partial charge in [0.25, 0.3) is 0 Å². The van der Waals surface area contributed by atoms with Crippen molar-refractivity contribution >= 4 is 39.5 Å². The summed E-state index contributed by atoms with van der Waals surface area (Å²) in [7, 11) is -9.89. The normalized spacial score (nSPS) is 15.5. The van der Waals surface area contributed by atoms with Crippen LogP contribution in [0.3, 0.4) is 0 Å². The van der Waals surface area contributed by atoms with E-state index < -0.39 is 97.5 Å². The first-order valence-corrected chi connectivity index (χ1v) is 35.8. The van der Waals surface area contributed by atoms with Gasteiger partial charge >= 0.3 is 39.5 Å². The zero-order valence-corrected chi connectivity index (χ0v) is 54.9. The van der Waals surface area contributed by atoms with Crippen molar-refractivity contribution in [1.82, 2.24) is 0 Å². The van der Waals surface area contributed by atoms with Crippen molar-refractivity contribution in [3.05, 3.63) is 0 Å². The lowest BCUT2D eigenvalue weighted by molar-refractivity contribution is -0.161. The largest absolute Gasteiger partial charge is 0.472 e. The highest BCUT2D eigenvalue weighted by Gasteiger charge is 2.30. The fourth-order valence-corrected chi connectivity index (χ4v) is 10.7. The second-order valence-electron chi connectivity index (χ2n) is 24.0. The Bertz CT molecular complexity index is 1650. The highest BCUT2D eigenvalue weighted by atomic mass is 31.2. The number of phosphoric ester groups is 2. The Morgan fingerprint density at radius 3 is 0.866 bits per heavy atom. The maximum absolute atomic E-state index is 13.0. The van der Waals surface area contributed by atoms with Gasteiger partial charge in [-0.1, -0.05) is 248 Å². The summed E-state index contributed by atoms with van der Waals surface area (Å²) in [5.74, 6) is 0.779. The maximum Gasteiger partial charge on any atom is 0.472 e. The van der Waals surface area contributed by atoms with Crippen LogP contribution in [-0.4, -0.2) is 96.7 Å². The summed E-state index contributed by atoms with van der Waals surface area (Å²) in [6, 6.07) is 0. The number of rotatable bonds is 60. The summed E-state index contributed by atoms with van der Waals surface area (Å²) in [6.45, 7) is 13.9. The molecule has 0 heterocycles. The van der Waals surface area contributed by atoms with Crippen LogP contribution in [0.15, 0.2) is 0 Å². The summed E-state index contributed by atoms with van der Waals surface area (Å²) in [6.07, 6.45) is 32.2. The number of unbranched alkanes of at least 4 members (excludes halogenated alkanes) is 23. The molecule has 0 aromatic heterocycles. The summed E-state index contributed by atoms with van der Waals surface area (Å²) in [5, 5.41) is 10.5. The molecule has 0 spiro atoms. The van der Waals surface area contributed by atoms with Gasteiger partial charge in [-0.05, 0) is 49.4 Å². The Morgan fingerprint density at radius 2 is 0.585 bits per heavy atom. The van der Waals surface area contributed by atoms with E-state index in [-0.39, 0.29) is 25.7 Å². The van der Waals surface area contributed by atoms with Crippen LogP contribution in [-0.2, 0) is 65.4 Å². The molecule has 0 radical (unpaired) electrons. The SMILES string of the molecule is CCC(C)CCCCCCCCCCC(=O)OC[C@H](COP(=O)(O)OC[C@@H](O)COP(=O)(O)OC[C@@H](COC(=O)CCCCCCCCC(C)CC)OC(=O)CCCCCCCCC(C)CC)OC(=O)CCCCCCCCCC(C)C. The van der Waals surface area contributed by atoms with E-state index in [1.54, 1.807) is 0 Å². The smallest absolute Gasteiger partial charge is 0.462 e. The van der Waals surface area contributed by atoms with Gasteiger partial charge in [-0.2, -0.15) is 0 Å². The van der Waals surface area contributed by atoms with E-state index in [2.05, 4.69) is 55.4 Å². The lowest BCUT2D eigenvalue weighted by atomic mass is 9.99. The third-order valence-electron chi connectivity index (χ3n) is 15.4. The van der Waals surface area contributed by atoms with E-state index in [9.17, 15) is 43.2 Å².